The molecule has 0 saturated carbocycles. The Morgan fingerprint density at radius 3 is 2.24 bits per heavy atom. The lowest BCUT2D eigenvalue weighted by Gasteiger charge is -2.01. The maximum Gasteiger partial charge on any atom is 0.267 e. The van der Waals surface area contributed by atoms with Crippen LogP contribution in [0.25, 0.3) is 0 Å². The van der Waals surface area contributed by atoms with Crippen LogP contribution in [-0.2, 0) is 14.3 Å². The molecule has 0 unspecified atom stereocenters. The Bertz CT molecular complexity index is 305. The zero-order chi connectivity index (χ0) is 13.0. The minimum absolute atomic E-state index is 0.144. The van der Waals surface area contributed by atoms with E-state index in [9.17, 15) is 8.42 Å². The minimum atomic E-state index is -3.25. The molecule has 0 aromatic carbocycles. The first-order valence-electron chi connectivity index (χ1n) is 6.18. The first-order valence-corrected chi connectivity index (χ1v) is 7.76. The third kappa shape index (κ3) is 11.6. The number of unbranched alkanes of at least 4 members (excludes halogenated alkanes) is 6. The second-order valence-electron chi connectivity index (χ2n) is 4.00. The summed E-state index contributed by atoms with van der Waals surface area (Å²) >= 11 is 0. The fourth-order valence-corrected chi connectivity index (χ4v) is 2.25. The first kappa shape index (κ1) is 16.4. The van der Waals surface area contributed by atoms with Gasteiger partial charge >= 0.3 is 0 Å². The molecule has 0 radical (unpaired) electrons. The monoisotopic (exact) mass is 260 g/mol. The van der Waals surface area contributed by atoms with Gasteiger partial charge in [-0.1, -0.05) is 50.5 Å². The maximum atomic E-state index is 11.0. The van der Waals surface area contributed by atoms with E-state index in [0.29, 0.717) is 6.42 Å². The summed E-state index contributed by atoms with van der Waals surface area (Å²) in [6.07, 6.45) is 13.3. The SMILES string of the molecule is C=C/C=C/CCCCCCCCS(=O)(=O)OC. The molecule has 0 heterocycles. The van der Waals surface area contributed by atoms with Crippen LogP contribution in [0.2, 0.25) is 0 Å². The van der Waals surface area contributed by atoms with Gasteiger partial charge in [0.2, 0.25) is 0 Å². The van der Waals surface area contributed by atoms with E-state index in [0.717, 1.165) is 19.3 Å². The maximum absolute atomic E-state index is 11.0. The van der Waals surface area contributed by atoms with Crippen molar-refractivity contribution in [2.45, 2.75) is 44.9 Å². The van der Waals surface area contributed by atoms with Crippen molar-refractivity contribution in [1.82, 2.24) is 0 Å². The molecule has 0 aromatic heterocycles. The van der Waals surface area contributed by atoms with E-state index < -0.39 is 10.1 Å². The van der Waals surface area contributed by atoms with Crippen molar-refractivity contribution in [3.05, 3.63) is 24.8 Å². The van der Waals surface area contributed by atoms with Crippen LogP contribution in [0.4, 0.5) is 0 Å². The average Bonchev–Trinajstić information content (AvgIpc) is 2.31. The molecule has 3 nitrogen and oxygen atoms in total. The van der Waals surface area contributed by atoms with Gasteiger partial charge < -0.3 is 0 Å². The fraction of sp³-hybridized carbons (Fsp3) is 0.692. The van der Waals surface area contributed by atoms with Gasteiger partial charge in [-0.3, -0.25) is 4.18 Å². The van der Waals surface area contributed by atoms with Crippen LogP contribution >= 0.6 is 0 Å². The van der Waals surface area contributed by atoms with Crippen molar-refractivity contribution in [2.75, 3.05) is 12.9 Å². The van der Waals surface area contributed by atoms with E-state index >= 15 is 0 Å². The number of hydrogen-bond donors (Lipinski definition) is 0. The van der Waals surface area contributed by atoms with Gasteiger partial charge in [-0.15, -0.1) is 0 Å². The van der Waals surface area contributed by atoms with E-state index in [2.05, 4.69) is 16.8 Å². The van der Waals surface area contributed by atoms with Crippen LogP contribution in [0.1, 0.15) is 44.9 Å². The molecule has 0 rings (SSSR count). The van der Waals surface area contributed by atoms with Crippen molar-refractivity contribution in [1.29, 1.82) is 0 Å². The molecule has 0 aromatic rings. The van der Waals surface area contributed by atoms with Crippen LogP contribution in [-0.4, -0.2) is 21.3 Å². The Kier molecular flexibility index (Phi) is 10.2. The third-order valence-electron chi connectivity index (χ3n) is 2.54. The molecule has 17 heavy (non-hydrogen) atoms. The zero-order valence-electron chi connectivity index (χ0n) is 10.7. The topological polar surface area (TPSA) is 43.4 Å². The quantitative estimate of drug-likeness (QED) is 0.325. The molecule has 0 N–H and O–H groups in total. The van der Waals surface area contributed by atoms with Crippen molar-refractivity contribution in [3.63, 3.8) is 0 Å². The van der Waals surface area contributed by atoms with Gasteiger partial charge in [-0.2, -0.15) is 8.42 Å². The van der Waals surface area contributed by atoms with E-state index in [1.807, 2.05) is 6.08 Å². The summed E-state index contributed by atoms with van der Waals surface area (Å²) in [4.78, 5) is 0. The predicted molar refractivity (Wildman–Crippen MR) is 72.5 cm³/mol. The predicted octanol–water partition coefficient (Wildman–Crippen LogP) is 3.44. The molecule has 0 bridgehead atoms. The normalized spacial score (nSPS) is 12.1. The molecule has 0 fully saturated rings. The number of allylic oxidation sites excluding steroid dienone is 3. The molecule has 0 saturated heterocycles. The Morgan fingerprint density at radius 2 is 1.65 bits per heavy atom. The van der Waals surface area contributed by atoms with Gasteiger partial charge in [-0.25, -0.2) is 0 Å². The van der Waals surface area contributed by atoms with Crippen LogP contribution in [0.5, 0.6) is 0 Å². The standard InChI is InChI=1S/C13H24O3S/c1-3-4-5-6-7-8-9-10-11-12-13-17(14,15)16-2/h3-5H,1,6-13H2,2H3/b5-4+. The van der Waals surface area contributed by atoms with E-state index in [1.165, 1.54) is 26.4 Å². The summed E-state index contributed by atoms with van der Waals surface area (Å²) in [5, 5.41) is 0. The Hall–Kier alpha value is -0.610. The molecular weight excluding hydrogens is 236 g/mol. The van der Waals surface area contributed by atoms with Crippen LogP contribution in [0.15, 0.2) is 24.8 Å². The van der Waals surface area contributed by atoms with Gasteiger partial charge in [0.05, 0.1) is 12.9 Å². The lowest BCUT2D eigenvalue weighted by Crippen LogP contribution is -2.07. The highest BCUT2D eigenvalue weighted by molar-refractivity contribution is 7.86. The van der Waals surface area contributed by atoms with Crippen LogP contribution in [0, 0.1) is 0 Å². The fourth-order valence-electron chi connectivity index (χ4n) is 1.52. The van der Waals surface area contributed by atoms with Crippen molar-refractivity contribution < 1.29 is 12.6 Å². The first-order chi connectivity index (χ1) is 8.12. The summed E-state index contributed by atoms with van der Waals surface area (Å²) in [5.74, 6) is 0.144. The van der Waals surface area contributed by atoms with E-state index in [-0.39, 0.29) is 5.75 Å². The second kappa shape index (κ2) is 10.5. The molecule has 0 aliphatic rings. The summed E-state index contributed by atoms with van der Waals surface area (Å²) < 4.78 is 26.4. The van der Waals surface area contributed by atoms with Crippen molar-refractivity contribution in [2.24, 2.45) is 0 Å². The molecular formula is C13H24O3S. The lowest BCUT2D eigenvalue weighted by molar-refractivity contribution is 0.396. The molecule has 0 aliphatic heterocycles. The van der Waals surface area contributed by atoms with Gasteiger partial charge in [-0.05, 0) is 19.3 Å². The highest BCUT2D eigenvalue weighted by Crippen LogP contribution is 2.08. The Balaban J connectivity index is 3.24. The Labute approximate surface area is 106 Å². The van der Waals surface area contributed by atoms with Crippen molar-refractivity contribution in [3.8, 4) is 0 Å². The van der Waals surface area contributed by atoms with E-state index in [1.54, 1.807) is 6.08 Å². The van der Waals surface area contributed by atoms with E-state index in [4.69, 9.17) is 0 Å². The summed E-state index contributed by atoms with van der Waals surface area (Å²) in [7, 11) is -2.03. The highest BCUT2D eigenvalue weighted by Gasteiger charge is 2.06. The smallest absolute Gasteiger partial charge is 0.267 e. The molecule has 4 heteroatoms. The molecule has 0 aliphatic carbocycles. The summed E-state index contributed by atoms with van der Waals surface area (Å²) in [6, 6.07) is 0. The summed E-state index contributed by atoms with van der Waals surface area (Å²) in [5.41, 5.74) is 0. The van der Waals surface area contributed by atoms with Crippen LogP contribution < -0.4 is 0 Å². The van der Waals surface area contributed by atoms with Crippen molar-refractivity contribution >= 4 is 10.1 Å². The Morgan fingerprint density at radius 1 is 1.06 bits per heavy atom. The number of rotatable bonds is 11. The molecule has 0 atom stereocenters. The third-order valence-corrected chi connectivity index (χ3v) is 3.84. The average molecular weight is 260 g/mol. The van der Waals surface area contributed by atoms with Gasteiger partial charge in [0.15, 0.2) is 0 Å². The largest absolute Gasteiger partial charge is 0.273 e. The van der Waals surface area contributed by atoms with Gasteiger partial charge in [0.1, 0.15) is 0 Å². The van der Waals surface area contributed by atoms with Crippen LogP contribution in [0.3, 0.4) is 0 Å². The highest BCUT2D eigenvalue weighted by atomic mass is 32.2. The lowest BCUT2D eigenvalue weighted by atomic mass is 10.1. The second-order valence-corrected chi connectivity index (χ2v) is 5.86. The summed E-state index contributed by atoms with van der Waals surface area (Å²) in [6.45, 7) is 3.61. The van der Waals surface area contributed by atoms with Gasteiger partial charge in [0.25, 0.3) is 10.1 Å². The zero-order valence-corrected chi connectivity index (χ0v) is 11.5. The van der Waals surface area contributed by atoms with Gasteiger partial charge in [0, 0.05) is 0 Å². The minimum Gasteiger partial charge on any atom is -0.273 e. The number of hydrogen-bond acceptors (Lipinski definition) is 3. The molecule has 0 spiro atoms. The molecule has 0 amide bonds. The molecule has 100 valence electrons.